The van der Waals surface area contributed by atoms with Crippen molar-refractivity contribution in [3.63, 3.8) is 0 Å². The monoisotopic (exact) mass is 347 g/mol. The first kappa shape index (κ1) is 16.9. The molecule has 0 amide bonds. The van der Waals surface area contributed by atoms with Crippen LogP contribution in [0.3, 0.4) is 0 Å². The molecule has 0 saturated heterocycles. The summed E-state index contributed by atoms with van der Waals surface area (Å²) in [6.45, 7) is 1.75. The molecule has 0 aromatic heterocycles. The fraction of sp³-hybridized carbons (Fsp3) is 0.368. The van der Waals surface area contributed by atoms with Crippen LogP contribution in [0.15, 0.2) is 36.4 Å². The third-order valence-electron chi connectivity index (χ3n) is 4.34. The largest absolute Gasteiger partial charge is 0.493 e. The van der Waals surface area contributed by atoms with E-state index in [1.165, 1.54) is 5.56 Å². The minimum atomic E-state index is -0.118. The van der Waals surface area contributed by atoms with Crippen LogP contribution in [0.5, 0.6) is 17.2 Å². The molecule has 1 atom stereocenters. The molecule has 2 aromatic rings. The quantitative estimate of drug-likeness (QED) is 0.837. The summed E-state index contributed by atoms with van der Waals surface area (Å²) < 4.78 is 17.2. The zero-order chi connectivity index (χ0) is 17.1. The number of benzene rings is 2. The van der Waals surface area contributed by atoms with Gasteiger partial charge in [-0.3, -0.25) is 0 Å². The molecule has 128 valence electrons. The Morgan fingerprint density at radius 3 is 2.46 bits per heavy atom. The predicted octanol–water partition coefficient (Wildman–Crippen LogP) is 3.97. The van der Waals surface area contributed by atoms with E-state index in [2.05, 4.69) is 18.0 Å². The van der Waals surface area contributed by atoms with Crippen molar-refractivity contribution >= 4 is 11.6 Å². The molecule has 0 fully saturated rings. The van der Waals surface area contributed by atoms with Crippen LogP contribution in [0.2, 0.25) is 5.02 Å². The molecule has 0 N–H and O–H groups in total. The van der Waals surface area contributed by atoms with Gasteiger partial charge in [0.25, 0.3) is 0 Å². The number of hydrogen-bond donors (Lipinski definition) is 0. The summed E-state index contributed by atoms with van der Waals surface area (Å²) >= 11 is 6.27. The number of nitrogens with zero attached hydrogens (tertiary/aromatic N) is 1. The lowest BCUT2D eigenvalue weighted by molar-refractivity contribution is 0.156. The second-order valence-electron chi connectivity index (χ2n) is 5.96. The highest BCUT2D eigenvalue weighted by Gasteiger charge is 2.25. The van der Waals surface area contributed by atoms with Crippen LogP contribution in [0, 0.1) is 0 Å². The number of para-hydroxylation sites is 1. The van der Waals surface area contributed by atoms with E-state index < -0.39 is 0 Å². The molecule has 0 saturated carbocycles. The fourth-order valence-electron chi connectivity index (χ4n) is 3.03. The second-order valence-corrected chi connectivity index (χ2v) is 6.36. The molecular weight excluding hydrogens is 326 g/mol. The summed E-state index contributed by atoms with van der Waals surface area (Å²) in [6.07, 6.45) is 0.821. The van der Waals surface area contributed by atoms with E-state index in [1.807, 2.05) is 30.3 Å². The van der Waals surface area contributed by atoms with E-state index in [0.29, 0.717) is 16.5 Å². The average Bonchev–Trinajstić information content (AvgIpc) is 2.74. The van der Waals surface area contributed by atoms with Gasteiger partial charge < -0.3 is 19.1 Å². The first-order chi connectivity index (χ1) is 11.6. The zero-order valence-corrected chi connectivity index (χ0v) is 15.0. The lowest BCUT2D eigenvalue weighted by atomic mass is 10.00. The number of methoxy groups -OCH3 is 2. The second kappa shape index (κ2) is 7.32. The molecule has 1 heterocycles. The molecule has 0 radical (unpaired) electrons. The highest BCUT2D eigenvalue weighted by atomic mass is 35.5. The zero-order valence-electron chi connectivity index (χ0n) is 14.2. The molecule has 1 unspecified atom stereocenters. The first-order valence-corrected chi connectivity index (χ1v) is 8.34. The van der Waals surface area contributed by atoms with Crippen molar-refractivity contribution in [2.24, 2.45) is 0 Å². The highest BCUT2D eigenvalue weighted by molar-refractivity contribution is 6.32. The predicted molar refractivity (Wildman–Crippen MR) is 95.6 cm³/mol. The van der Waals surface area contributed by atoms with Gasteiger partial charge >= 0.3 is 0 Å². The van der Waals surface area contributed by atoms with Gasteiger partial charge in [-0.2, -0.15) is 0 Å². The molecule has 1 aliphatic rings. The molecule has 4 nitrogen and oxygen atoms in total. The lowest BCUT2D eigenvalue weighted by Crippen LogP contribution is -2.26. The molecule has 24 heavy (non-hydrogen) atoms. The maximum Gasteiger partial charge on any atom is 0.161 e. The molecule has 5 heteroatoms. The number of halogens is 1. The van der Waals surface area contributed by atoms with E-state index in [0.717, 1.165) is 30.8 Å². The van der Waals surface area contributed by atoms with E-state index >= 15 is 0 Å². The Morgan fingerprint density at radius 1 is 1.04 bits per heavy atom. The van der Waals surface area contributed by atoms with Crippen molar-refractivity contribution in [2.75, 3.05) is 34.4 Å². The Labute approximate surface area is 147 Å². The Hall–Kier alpha value is -1.91. The third-order valence-corrected chi connectivity index (χ3v) is 4.65. The molecule has 2 aromatic carbocycles. The van der Waals surface area contributed by atoms with E-state index in [-0.39, 0.29) is 6.10 Å². The number of rotatable bonds is 4. The first-order valence-electron chi connectivity index (χ1n) is 7.97. The van der Waals surface area contributed by atoms with Gasteiger partial charge in [0.1, 0.15) is 11.9 Å². The van der Waals surface area contributed by atoms with Crippen LogP contribution in [-0.4, -0.2) is 39.3 Å². The van der Waals surface area contributed by atoms with E-state index in [4.69, 9.17) is 25.8 Å². The van der Waals surface area contributed by atoms with Crippen LogP contribution >= 0.6 is 11.6 Å². The summed E-state index contributed by atoms with van der Waals surface area (Å²) in [5.41, 5.74) is 2.34. The number of ether oxygens (including phenoxy) is 3. The van der Waals surface area contributed by atoms with Gasteiger partial charge in [0.2, 0.25) is 0 Å². The van der Waals surface area contributed by atoms with Crippen molar-refractivity contribution in [3.8, 4) is 17.2 Å². The SMILES string of the molecule is COc1cc2c(cc1OC)C(Oc1ccccc1Cl)CN(C)CC2. The average molecular weight is 348 g/mol. The topological polar surface area (TPSA) is 30.9 Å². The molecule has 0 bridgehead atoms. The minimum absolute atomic E-state index is 0.118. The molecule has 0 aliphatic carbocycles. The van der Waals surface area contributed by atoms with Crippen molar-refractivity contribution in [1.29, 1.82) is 0 Å². The van der Waals surface area contributed by atoms with Crippen molar-refractivity contribution in [2.45, 2.75) is 12.5 Å². The maximum atomic E-state index is 6.27. The third kappa shape index (κ3) is 3.45. The van der Waals surface area contributed by atoms with Gasteiger partial charge in [-0.05, 0) is 43.3 Å². The summed E-state index contributed by atoms with van der Waals surface area (Å²) in [5.74, 6) is 2.16. The van der Waals surface area contributed by atoms with Gasteiger partial charge in [0.05, 0.1) is 19.2 Å². The summed E-state index contributed by atoms with van der Waals surface area (Å²) in [4.78, 5) is 2.26. The molecule has 3 rings (SSSR count). The van der Waals surface area contributed by atoms with Crippen LogP contribution in [0.1, 0.15) is 17.2 Å². The van der Waals surface area contributed by atoms with E-state index in [9.17, 15) is 0 Å². The van der Waals surface area contributed by atoms with Crippen LogP contribution in [-0.2, 0) is 6.42 Å². The number of fused-ring (bicyclic) bond motifs is 1. The van der Waals surface area contributed by atoms with Gasteiger partial charge in [-0.25, -0.2) is 0 Å². The van der Waals surface area contributed by atoms with Crippen molar-refractivity contribution in [1.82, 2.24) is 4.90 Å². The smallest absolute Gasteiger partial charge is 0.161 e. The molecular formula is C19H22ClNO3. The summed E-state index contributed by atoms with van der Waals surface area (Å²) in [6, 6.07) is 11.6. The summed E-state index contributed by atoms with van der Waals surface area (Å²) in [7, 11) is 5.41. The normalized spacial score (nSPS) is 17.8. The van der Waals surface area contributed by atoms with Gasteiger partial charge in [-0.15, -0.1) is 0 Å². The highest BCUT2D eigenvalue weighted by Crippen LogP contribution is 2.37. The van der Waals surface area contributed by atoms with E-state index in [1.54, 1.807) is 14.2 Å². The van der Waals surface area contributed by atoms with Gasteiger partial charge in [0.15, 0.2) is 11.5 Å². The molecule has 1 aliphatic heterocycles. The standard InChI is InChI=1S/C19H22ClNO3/c1-21-9-8-13-10-17(22-2)18(23-3)11-14(13)19(12-21)24-16-7-5-4-6-15(16)20/h4-7,10-11,19H,8-9,12H2,1-3H3. The molecule has 0 spiro atoms. The summed E-state index contributed by atoms with van der Waals surface area (Å²) in [5, 5.41) is 0.617. The fourth-order valence-corrected chi connectivity index (χ4v) is 3.21. The Bertz CT molecular complexity index is 720. The van der Waals surface area contributed by atoms with Crippen LogP contribution < -0.4 is 14.2 Å². The van der Waals surface area contributed by atoms with Crippen molar-refractivity contribution in [3.05, 3.63) is 52.5 Å². The Kier molecular flexibility index (Phi) is 5.17. The number of hydrogen-bond acceptors (Lipinski definition) is 4. The Morgan fingerprint density at radius 2 is 1.75 bits per heavy atom. The number of likely N-dealkylation sites (N-methyl/N-ethyl adjacent to an activating group) is 1. The minimum Gasteiger partial charge on any atom is -0.493 e. The van der Waals surface area contributed by atoms with Gasteiger partial charge in [0, 0.05) is 18.7 Å². The maximum absolute atomic E-state index is 6.27. The Balaban J connectivity index is 2.01. The van der Waals surface area contributed by atoms with Crippen LogP contribution in [0.25, 0.3) is 0 Å². The van der Waals surface area contributed by atoms with Gasteiger partial charge in [-0.1, -0.05) is 23.7 Å². The van der Waals surface area contributed by atoms with Crippen molar-refractivity contribution < 1.29 is 14.2 Å². The van der Waals surface area contributed by atoms with Crippen LogP contribution in [0.4, 0.5) is 0 Å². The lowest BCUT2D eigenvalue weighted by Gasteiger charge is -2.24.